The Bertz CT molecular complexity index is 1420. The number of nitrogens with one attached hydrogen (secondary N) is 1. The number of nitrogens with zero attached hydrogens (tertiary/aromatic N) is 4. The lowest BCUT2D eigenvalue weighted by atomic mass is 10.1. The Morgan fingerprint density at radius 3 is 2.61 bits per heavy atom. The normalized spacial score (nSPS) is 17.8. The van der Waals surface area contributed by atoms with Crippen molar-refractivity contribution in [1.29, 1.82) is 0 Å². The van der Waals surface area contributed by atoms with Gasteiger partial charge in [-0.05, 0) is 91.4 Å². The molecule has 0 aliphatic carbocycles. The van der Waals surface area contributed by atoms with E-state index >= 15 is 0 Å². The van der Waals surface area contributed by atoms with Gasteiger partial charge in [0.1, 0.15) is 5.82 Å². The first-order valence-electron chi connectivity index (χ1n) is 12.0. The number of fused-ring (bicyclic) bond motifs is 1. The summed E-state index contributed by atoms with van der Waals surface area (Å²) in [5, 5.41) is 3.90. The number of benzene rings is 1. The average molecular weight is 593 g/mol. The van der Waals surface area contributed by atoms with Gasteiger partial charge < -0.3 is 15.0 Å². The van der Waals surface area contributed by atoms with E-state index in [2.05, 4.69) is 51.6 Å². The second-order valence-electron chi connectivity index (χ2n) is 9.25. The second-order valence-corrected chi connectivity index (χ2v) is 10.4. The molecule has 1 aliphatic rings. The van der Waals surface area contributed by atoms with Gasteiger partial charge in [-0.15, -0.1) is 0 Å². The fourth-order valence-corrected chi connectivity index (χ4v) is 4.93. The number of rotatable bonds is 5. The Labute approximate surface area is 224 Å². The summed E-state index contributed by atoms with van der Waals surface area (Å²) in [4.78, 5) is 29.2. The Morgan fingerprint density at radius 2 is 1.83 bits per heavy atom. The van der Waals surface area contributed by atoms with Gasteiger partial charge in [0.05, 0.1) is 41.4 Å². The molecule has 184 valence electrons. The molecular formula is C28H28IN5O2. The van der Waals surface area contributed by atoms with Crippen molar-refractivity contribution >= 4 is 45.2 Å². The molecule has 1 N–H and O–H groups in total. The monoisotopic (exact) mass is 593 g/mol. The number of morpholine rings is 1. The second kappa shape index (κ2) is 10.5. The zero-order valence-corrected chi connectivity index (χ0v) is 22.7. The Kier molecular flexibility index (Phi) is 7.15. The van der Waals surface area contributed by atoms with Gasteiger partial charge in [-0.25, -0.2) is 9.97 Å². The van der Waals surface area contributed by atoms with E-state index in [1.54, 1.807) is 6.20 Å². The molecule has 1 saturated heterocycles. The summed E-state index contributed by atoms with van der Waals surface area (Å²) in [6, 6.07) is 17.6. The molecule has 7 nitrogen and oxygen atoms in total. The van der Waals surface area contributed by atoms with Crippen molar-refractivity contribution in [2.75, 3.05) is 18.0 Å². The van der Waals surface area contributed by atoms with Crippen molar-refractivity contribution in [1.82, 2.24) is 20.3 Å². The zero-order valence-electron chi connectivity index (χ0n) is 20.5. The highest BCUT2D eigenvalue weighted by Gasteiger charge is 2.23. The highest BCUT2D eigenvalue weighted by atomic mass is 127. The van der Waals surface area contributed by atoms with Gasteiger partial charge in [-0.3, -0.25) is 9.78 Å². The van der Waals surface area contributed by atoms with E-state index in [1.165, 1.54) is 0 Å². The lowest BCUT2D eigenvalue weighted by Crippen LogP contribution is -2.45. The molecule has 0 spiro atoms. The van der Waals surface area contributed by atoms with Crippen LogP contribution in [0.4, 0.5) is 5.82 Å². The summed E-state index contributed by atoms with van der Waals surface area (Å²) in [6.45, 7) is 8.16. The maximum absolute atomic E-state index is 12.6. The fourth-order valence-electron chi connectivity index (χ4n) is 4.41. The molecule has 8 heteroatoms. The van der Waals surface area contributed by atoms with Gasteiger partial charge in [-0.2, -0.15) is 0 Å². The number of pyridine rings is 3. The van der Waals surface area contributed by atoms with Crippen LogP contribution in [0.5, 0.6) is 0 Å². The number of carbonyl (C=O) groups excluding carboxylic acids is 1. The van der Waals surface area contributed by atoms with E-state index in [0.717, 1.165) is 56.0 Å². The SMILES string of the molecule is Cc1ccc(C(=O)NCc2cc3nc(-c4cccc(N5C[C@@H](C)O[C@@H](C)C5)n4)ccc3cn2)cc1I. The average Bonchev–Trinajstić information content (AvgIpc) is 2.88. The first kappa shape index (κ1) is 24.6. The molecule has 0 unspecified atom stereocenters. The lowest BCUT2D eigenvalue weighted by Gasteiger charge is -2.36. The van der Waals surface area contributed by atoms with Crippen molar-refractivity contribution < 1.29 is 9.53 Å². The topological polar surface area (TPSA) is 80.2 Å². The van der Waals surface area contributed by atoms with Crippen LogP contribution in [0.1, 0.15) is 35.5 Å². The minimum absolute atomic E-state index is 0.121. The van der Waals surface area contributed by atoms with E-state index in [0.29, 0.717) is 12.1 Å². The van der Waals surface area contributed by atoms with Crippen LogP contribution < -0.4 is 10.2 Å². The molecule has 1 aliphatic heterocycles. The number of amides is 1. The minimum Gasteiger partial charge on any atom is -0.372 e. The molecule has 4 aromatic rings. The van der Waals surface area contributed by atoms with Gasteiger partial charge >= 0.3 is 0 Å². The summed E-state index contributed by atoms with van der Waals surface area (Å²) in [5.74, 6) is 0.810. The fraction of sp³-hybridized carbons (Fsp3) is 0.286. The van der Waals surface area contributed by atoms with Crippen molar-refractivity contribution in [2.45, 2.75) is 39.5 Å². The molecule has 2 atom stereocenters. The van der Waals surface area contributed by atoms with Crippen LogP contribution in [0.2, 0.25) is 0 Å². The number of aryl methyl sites for hydroxylation is 1. The maximum atomic E-state index is 12.6. The van der Waals surface area contributed by atoms with E-state index in [-0.39, 0.29) is 18.1 Å². The van der Waals surface area contributed by atoms with Crippen molar-refractivity contribution in [2.24, 2.45) is 0 Å². The molecular weight excluding hydrogens is 565 g/mol. The number of anilines is 1. The third kappa shape index (κ3) is 5.49. The number of halogens is 1. The Morgan fingerprint density at radius 1 is 1.06 bits per heavy atom. The highest BCUT2D eigenvalue weighted by Crippen LogP contribution is 2.24. The van der Waals surface area contributed by atoms with Crippen LogP contribution in [0, 0.1) is 10.5 Å². The van der Waals surface area contributed by atoms with E-state index < -0.39 is 0 Å². The van der Waals surface area contributed by atoms with Crippen LogP contribution in [0.3, 0.4) is 0 Å². The minimum atomic E-state index is -0.121. The first-order chi connectivity index (χ1) is 17.4. The molecule has 0 saturated carbocycles. The smallest absolute Gasteiger partial charge is 0.251 e. The van der Waals surface area contributed by atoms with E-state index in [9.17, 15) is 4.79 Å². The Hall–Kier alpha value is -3.11. The third-order valence-corrected chi connectivity index (χ3v) is 7.40. The number of carbonyl (C=O) groups is 1. The van der Waals surface area contributed by atoms with Gasteiger partial charge in [0.25, 0.3) is 5.91 Å². The van der Waals surface area contributed by atoms with Crippen molar-refractivity contribution in [3.8, 4) is 11.4 Å². The summed E-state index contributed by atoms with van der Waals surface area (Å²) in [6.07, 6.45) is 2.13. The molecule has 1 aromatic carbocycles. The van der Waals surface area contributed by atoms with Gasteiger partial charge in [0.2, 0.25) is 0 Å². The maximum Gasteiger partial charge on any atom is 0.251 e. The predicted octanol–water partition coefficient (Wildman–Crippen LogP) is 5.15. The van der Waals surface area contributed by atoms with Crippen molar-refractivity contribution in [3.63, 3.8) is 0 Å². The molecule has 0 bridgehead atoms. The molecule has 1 fully saturated rings. The summed E-state index contributed by atoms with van der Waals surface area (Å²) < 4.78 is 6.93. The number of hydrogen-bond acceptors (Lipinski definition) is 6. The quantitative estimate of drug-likeness (QED) is 0.323. The first-order valence-corrected chi connectivity index (χ1v) is 13.1. The molecule has 4 heterocycles. The van der Waals surface area contributed by atoms with Gasteiger partial charge in [0, 0.05) is 33.8 Å². The largest absolute Gasteiger partial charge is 0.372 e. The van der Waals surface area contributed by atoms with Gasteiger partial charge in [0.15, 0.2) is 0 Å². The Balaban J connectivity index is 1.34. The summed E-state index contributed by atoms with van der Waals surface area (Å²) in [7, 11) is 0. The van der Waals surface area contributed by atoms with Crippen LogP contribution in [0.25, 0.3) is 22.3 Å². The third-order valence-electron chi connectivity index (χ3n) is 6.23. The summed E-state index contributed by atoms with van der Waals surface area (Å²) in [5.41, 5.74) is 4.98. The number of ether oxygens (including phenoxy) is 1. The molecule has 36 heavy (non-hydrogen) atoms. The molecule has 1 amide bonds. The van der Waals surface area contributed by atoms with E-state index in [4.69, 9.17) is 14.7 Å². The molecule has 3 aromatic heterocycles. The van der Waals surface area contributed by atoms with Crippen molar-refractivity contribution in [3.05, 3.63) is 81.2 Å². The van der Waals surface area contributed by atoms with Crippen LogP contribution in [0.15, 0.2) is 60.8 Å². The van der Waals surface area contributed by atoms with Crippen LogP contribution >= 0.6 is 22.6 Å². The standard InChI is InChI=1S/C28H28IN5O2/c1-17-7-8-20(11-23(17)29)28(35)31-14-22-12-26-21(13-30-22)9-10-25(32-26)24-5-4-6-27(33-24)34-15-18(2)36-19(3)16-34/h4-13,18-19H,14-16H2,1-3H3,(H,31,35)/t18-,19+. The van der Waals surface area contributed by atoms with E-state index in [1.807, 2.05) is 61.5 Å². The van der Waals surface area contributed by atoms with Gasteiger partial charge in [-0.1, -0.05) is 12.1 Å². The summed E-state index contributed by atoms with van der Waals surface area (Å²) >= 11 is 2.24. The predicted molar refractivity (Wildman–Crippen MR) is 150 cm³/mol. The van der Waals surface area contributed by atoms with Crippen LogP contribution in [-0.2, 0) is 11.3 Å². The molecule has 0 radical (unpaired) electrons. The lowest BCUT2D eigenvalue weighted by molar-refractivity contribution is -0.00545. The molecule has 5 rings (SSSR count). The van der Waals surface area contributed by atoms with Crippen LogP contribution in [-0.4, -0.2) is 46.2 Å². The highest BCUT2D eigenvalue weighted by molar-refractivity contribution is 14.1. The number of aromatic nitrogens is 3. The zero-order chi connectivity index (χ0) is 25.2. The number of hydrogen-bond donors (Lipinski definition) is 1.